The number of carbonyl (C=O) groups is 1. The fraction of sp³-hybridized carbons (Fsp3) is 0.524. The van der Waals surface area contributed by atoms with Gasteiger partial charge in [-0.15, -0.1) is 0 Å². The summed E-state index contributed by atoms with van der Waals surface area (Å²) >= 11 is 0. The number of unbranched alkanes of at least 4 members (excludes halogenated alkanes) is 2. The van der Waals surface area contributed by atoms with Crippen LogP contribution in [0.3, 0.4) is 0 Å². The normalized spacial score (nSPS) is 17.2. The van der Waals surface area contributed by atoms with Gasteiger partial charge in [-0.2, -0.15) is 0 Å². The molecule has 1 aromatic heterocycles. The molecule has 1 atom stereocenters. The van der Waals surface area contributed by atoms with E-state index in [-0.39, 0.29) is 11.9 Å². The highest BCUT2D eigenvalue weighted by atomic mass is 16.5. The number of nitrogens with one attached hydrogen (secondary N) is 1. The van der Waals surface area contributed by atoms with Gasteiger partial charge in [-0.3, -0.25) is 4.79 Å². The molecule has 1 fully saturated rings. The summed E-state index contributed by atoms with van der Waals surface area (Å²) in [6.07, 6.45) is 7.35. The molecule has 26 heavy (non-hydrogen) atoms. The molecule has 5 heteroatoms. The third kappa shape index (κ3) is 5.18. The van der Waals surface area contributed by atoms with Gasteiger partial charge in [0.25, 0.3) is 0 Å². The Hall–Kier alpha value is -2.14. The molecule has 1 aliphatic heterocycles. The number of carbonyl (C=O) groups excluding carboxylic acids is 1. The molecular weight excluding hydrogens is 326 g/mol. The summed E-state index contributed by atoms with van der Waals surface area (Å²) in [6.45, 7) is 1.79. The molecule has 2 heterocycles. The molecule has 0 spiro atoms. The molecule has 0 aliphatic carbocycles. The number of benzene rings is 1. The Morgan fingerprint density at radius 2 is 2.08 bits per heavy atom. The standard InChI is InChI=1S/C21H29N3O2/c1-24(21(25)19-13-7-8-14-22-19)15-9-3-6-12-18-16-20(23-26-18)17-10-4-2-5-11-17/h2,4-5,10-11,16,19,22H,3,6-9,12-15H2,1H3. The molecule has 1 amide bonds. The van der Waals surface area contributed by atoms with Crippen LogP contribution in [-0.2, 0) is 11.2 Å². The van der Waals surface area contributed by atoms with Crippen molar-refractivity contribution in [3.8, 4) is 11.3 Å². The molecule has 140 valence electrons. The zero-order valence-corrected chi connectivity index (χ0v) is 15.6. The van der Waals surface area contributed by atoms with Gasteiger partial charge in [-0.25, -0.2) is 0 Å². The zero-order chi connectivity index (χ0) is 18.2. The number of hydrogen-bond donors (Lipinski definition) is 1. The van der Waals surface area contributed by atoms with Crippen molar-refractivity contribution in [3.63, 3.8) is 0 Å². The lowest BCUT2D eigenvalue weighted by Gasteiger charge is -2.27. The van der Waals surface area contributed by atoms with Crippen molar-refractivity contribution in [2.75, 3.05) is 20.1 Å². The first-order chi connectivity index (χ1) is 12.7. The molecule has 0 radical (unpaired) electrons. The molecule has 1 aromatic carbocycles. The number of piperidine rings is 1. The highest BCUT2D eigenvalue weighted by molar-refractivity contribution is 5.81. The monoisotopic (exact) mass is 355 g/mol. The maximum atomic E-state index is 12.4. The van der Waals surface area contributed by atoms with Crippen molar-refractivity contribution in [2.24, 2.45) is 0 Å². The van der Waals surface area contributed by atoms with Crippen molar-refractivity contribution >= 4 is 5.91 Å². The van der Waals surface area contributed by atoms with Crippen LogP contribution in [0.25, 0.3) is 11.3 Å². The summed E-state index contributed by atoms with van der Waals surface area (Å²) in [5.74, 6) is 1.17. The summed E-state index contributed by atoms with van der Waals surface area (Å²) in [5.41, 5.74) is 1.98. The number of nitrogens with zero attached hydrogens (tertiary/aromatic N) is 2. The fourth-order valence-corrected chi connectivity index (χ4v) is 3.44. The minimum Gasteiger partial charge on any atom is -0.361 e. The van der Waals surface area contributed by atoms with Crippen molar-refractivity contribution in [3.05, 3.63) is 42.2 Å². The van der Waals surface area contributed by atoms with E-state index in [1.165, 1.54) is 6.42 Å². The quantitative estimate of drug-likeness (QED) is 0.734. The summed E-state index contributed by atoms with van der Waals surface area (Å²) in [4.78, 5) is 14.2. The van der Waals surface area contributed by atoms with E-state index in [1.807, 2.05) is 48.3 Å². The van der Waals surface area contributed by atoms with E-state index >= 15 is 0 Å². The van der Waals surface area contributed by atoms with Gasteiger partial charge in [0.1, 0.15) is 11.5 Å². The number of amides is 1. The number of rotatable bonds is 8. The van der Waals surface area contributed by atoms with Crippen LogP contribution in [0.5, 0.6) is 0 Å². The number of hydrogen-bond acceptors (Lipinski definition) is 4. The molecular formula is C21H29N3O2. The molecule has 0 bridgehead atoms. The Labute approximate surface area is 155 Å². The van der Waals surface area contributed by atoms with Crippen LogP contribution in [0.4, 0.5) is 0 Å². The predicted octanol–water partition coefficient (Wildman–Crippen LogP) is 3.65. The summed E-state index contributed by atoms with van der Waals surface area (Å²) in [6, 6.07) is 12.1. The summed E-state index contributed by atoms with van der Waals surface area (Å²) in [7, 11) is 1.92. The summed E-state index contributed by atoms with van der Waals surface area (Å²) in [5, 5.41) is 7.48. The van der Waals surface area contributed by atoms with E-state index < -0.39 is 0 Å². The van der Waals surface area contributed by atoms with Crippen LogP contribution >= 0.6 is 0 Å². The molecule has 2 aromatic rings. The van der Waals surface area contributed by atoms with E-state index in [2.05, 4.69) is 10.5 Å². The Bertz CT molecular complexity index is 678. The summed E-state index contributed by atoms with van der Waals surface area (Å²) < 4.78 is 5.44. The van der Waals surface area contributed by atoms with Crippen LogP contribution in [0, 0.1) is 0 Å². The van der Waals surface area contributed by atoms with Gasteiger partial charge in [0.15, 0.2) is 0 Å². The Morgan fingerprint density at radius 1 is 1.23 bits per heavy atom. The highest BCUT2D eigenvalue weighted by Crippen LogP contribution is 2.19. The molecule has 3 rings (SSSR count). The van der Waals surface area contributed by atoms with Crippen molar-refractivity contribution in [2.45, 2.75) is 51.0 Å². The van der Waals surface area contributed by atoms with Gasteiger partial charge in [0, 0.05) is 31.6 Å². The van der Waals surface area contributed by atoms with Crippen LogP contribution in [0.15, 0.2) is 40.9 Å². The molecule has 1 aliphatic rings. The Morgan fingerprint density at radius 3 is 2.85 bits per heavy atom. The van der Waals surface area contributed by atoms with E-state index in [1.54, 1.807) is 0 Å². The Balaban J connectivity index is 1.34. The van der Waals surface area contributed by atoms with Crippen molar-refractivity contribution in [1.82, 2.24) is 15.4 Å². The number of likely N-dealkylation sites (N-methyl/N-ethyl adjacent to an activating group) is 1. The van der Waals surface area contributed by atoms with Gasteiger partial charge >= 0.3 is 0 Å². The van der Waals surface area contributed by atoms with E-state index in [0.717, 1.165) is 68.6 Å². The minimum atomic E-state index is 0.0272. The third-order valence-electron chi connectivity index (χ3n) is 5.03. The lowest BCUT2D eigenvalue weighted by Crippen LogP contribution is -2.47. The second-order valence-electron chi connectivity index (χ2n) is 7.12. The van der Waals surface area contributed by atoms with Crippen LogP contribution < -0.4 is 5.32 Å². The average Bonchev–Trinajstić information content (AvgIpc) is 3.17. The first kappa shape index (κ1) is 18.6. The molecule has 5 nitrogen and oxygen atoms in total. The predicted molar refractivity (Wildman–Crippen MR) is 103 cm³/mol. The molecule has 1 N–H and O–H groups in total. The smallest absolute Gasteiger partial charge is 0.239 e. The third-order valence-corrected chi connectivity index (χ3v) is 5.03. The van der Waals surface area contributed by atoms with Crippen molar-refractivity contribution in [1.29, 1.82) is 0 Å². The second kappa shape index (κ2) is 9.53. The molecule has 1 unspecified atom stereocenters. The number of aryl methyl sites for hydroxylation is 1. The van der Waals surface area contributed by atoms with Crippen LogP contribution in [0.2, 0.25) is 0 Å². The molecule has 1 saturated heterocycles. The zero-order valence-electron chi connectivity index (χ0n) is 15.6. The Kier molecular flexibility index (Phi) is 6.83. The van der Waals surface area contributed by atoms with Crippen LogP contribution in [0.1, 0.15) is 44.3 Å². The lowest BCUT2D eigenvalue weighted by atomic mass is 10.0. The van der Waals surface area contributed by atoms with Crippen molar-refractivity contribution < 1.29 is 9.32 Å². The van der Waals surface area contributed by atoms with E-state index in [9.17, 15) is 4.79 Å². The maximum absolute atomic E-state index is 12.4. The van der Waals surface area contributed by atoms with E-state index in [4.69, 9.17) is 4.52 Å². The fourth-order valence-electron chi connectivity index (χ4n) is 3.44. The minimum absolute atomic E-state index is 0.0272. The van der Waals surface area contributed by atoms with Gasteiger partial charge in [0.05, 0.1) is 6.04 Å². The van der Waals surface area contributed by atoms with Crippen LogP contribution in [-0.4, -0.2) is 42.1 Å². The second-order valence-corrected chi connectivity index (χ2v) is 7.12. The van der Waals surface area contributed by atoms with Gasteiger partial charge in [-0.1, -0.05) is 48.3 Å². The van der Waals surface area contributed by atoms with Gasteiger partial charge in [-0.05, 0) is 32.2 Å². The number of aromatic nitrogens is 1. The average molecular weight is 355 g/mol. The first-order valence-electron chi connectivity index (χ1n) is 9.73. The first-order valence-corrected chi connectivity index (χ1v) is 9.73. The SMILES string of the molecule is CN(CCCCCc1cc(-c2ccccc2)no1)C(=O)C1CCCCN1. The largest absolute Gasteiger partial charge is 0.361 e. The highest BCUT2D eigenvalue weighted by Gasteiger charge is 2.23. The topological polar surface area (TPSA) is 58.4 Å². The molecule has 0 saturated carbocycles. The maximum Gasteiger partial charge on any atom is 0.239 e. The lowest BCUT2D eigenvalue weighted by molar-refractivity contribution is -0.132. The van der Waals surface area contributed by atoms with E-state index in [0.29, 0.717) is 0 Å². The van der Waals surface area contributed by atoms with Gasteiger partial charge < -0.3 is 14.7 Å². The van der Waals surface area contributed by atoms with Gasteiger partial charge in [0.2, 0.25) is 5.91 Å².